The number of rotatable bonds is 4. The molecule has 0 fully saturated rings. The van der Waals surface area contributed by atoms with Crippen LogP contribution in [0.25, 0.3) is 99.6 Å². The van der Waals surface area contributed by atoms with Crippen LogP contribution >= 0.6 is 0 Å². The zero-order valence-corrected chi connectivity index (χ0v) is 27.8. The highest BCUT2D eigenvalue weighted by molar-refractivity contribution is 6.28. The first-order valence-corrected chi connectivity index (χ1v) is 17.4. The minimum atomic E-state index is 0.782. The summed E-state index contributed by atoms with van der Waals surface area (Å²) < 4.78 is 4.49. The summed E-state index contributed by atoms with van der Waals surface area (Å²) in [4.78, 5) is 20.2. The normalized spacial score (nSPS) is 11.8. The average Bonchev–Trinajstić information content (AvgIpc) is 3.73. The molecule has 0 saturated carbocycles. The standard InChI is InChI=1S/C46H28N6/c1-3-11-29(12-4-1)31-19-21-35-37(25-31)47-27-43(49-35)51-39-17-9-7-15-33(39)45-41(51)23-24-42-46(45)34-16-8-10-18-40(34)52(42)44-28-48-38-26-32(20-22-36(38)50-44)30-13-5-2-6-14-30/h1-28H. The van der Waals surface area contributed by atoms with Crippen LogP contribution in [0.4, 0.5) is 0 Å². The monoisotopic (exact) mass is 664 g/mol. The quantitative estimate of drug-likeness (QED) is 0.188. The zero-order chi connectivity index (χ0) is 34.2. The fourth-order valence-corrected chi connectivity index (χ4v) is 7.85. The van der Waals surface area contributed by atoms with E-state index >= 15 is 0 Å². The SMILES string of the molecule is c1ccc(-c2ccc3nc(-n4c5ccccc5c5c6c7ccccc7n(-c7cnc8cc(-c9ccccc9)ccc8n7)c6ccc54)cnc3c2)cc1. The van der Waals surface area contributed by atoms with Gasteiger partial charge in [-0.3, -0.25) is 19.1 Å². The van der Waals surface area contributed by atoms with Crippen molar-refractivity contribution in [3.05, 3.63) is 170 Å². The van der Waals surface area contributed by atoms with Crippen molar-refractivity contribution in [1.29, 1.82) is 0 Å². The van der Waals surface area contributed by atoms with E-state index in [4.69, 9.17) is 19.9 Å². The van der Waals surface area contributed by atoms with Crippen molar-refractivity contribution in [2.45, 2.75) is 0 Å². The highest BCUT2D eigenvalue weighted by atomic mass is 15.1. The molecule has 0 N–H and O–H groups in total. The molecule has 4 aromatic heterocycles. The third-order valence-electron chi connectivity index (χ3n) is 10.2. The number of hydrogen-bond donors (Lipinski definition) is 0. The van der Waals surface area contributed by atoms with Crippen LogP contribution in [0.15, 0.2) is 170 Å². The number of benzene rings is 7. The van der Waals surface area contributed by atoms with E-state index in [0.717, 1.165) is 88.8 Å². The van der Waals surface area contributed by atoms with Gasteiger partial charge in [0.25, 0.3) is 0 Å². The molecule has 6 heteroatoms. The molecule has 0 bridgehead atoms. The lowest BCUT2D eigenvalue weighted by atomic mass is 10.1. The fraction of sp³-hybridized carbons (Fsp3) is 0. The van der Waals surface area contributed by atoms with Crippen molar-refractivity contribution in [2.24, 2.45) is 0 Å². The lowest BCUT2D eigenvalue weighted by Crippen LogP contribution is -2.00. The van der Waals surface area contributed by atoms with Crippen molar-refractivity contribution >= 4 is 65.7 Å². The predicted molar refractivity (Wildman–Crippen MR) is 212 cm³/mol. The maximum absolute atomic E-state index is 5.18. The second-order valence-corrected chi connectivity index (χ2v) is 13.2. The lowest BCUT2D eigenvalue weighted by molar-refractivity contribution is 1.07. The Kier molecular flexibility index (Phi) is 6.15. The molecule has 0 aliphatic heterocycles. The summed E-state index contributed by atoms with van der Waals surface area (Å²) in [6, 6.07) is 55.0. The maximum Gasteiger partial charge on any atom is 0.156 e. The first-order valence-electron chi connectivity index (χ1n) is 17.4. The number of nitrogens with zero attached hydrogens (tertiary/aromatic N) is 6. The van der Waals surface area contributed by atoms with Gasteiger partial charge >= 0.3 is 0 Å². The van der Waals surface area contributed by atoms with Crippen molar-refractivity contribution in [3.63, 3.8) is 0 Å². The molecule has 0 unspecified atom stereocenters. The second-order valence-electron chi connectivity index (χ2n) is 13.2. The molecule has 0 saturated heterocycles. The average molecular weight is 665 g/mol. The molecular formula is C46H28N6. The van der Waals surface area contributed by atoms with E-state index in [9.17, 15) is 0 Å². The van der Waals surface area contributed by atoms with Gasteiger partial charge in [0.15, 0.2) is 11.6 Å². The van der Waals surface area contributed by atoms with Gasteiger partial charge in [0, 0.05) is 21.5 Å². The number of hydrogen-bond acceptors (Lipinski definition) is 4. The molecule has 11 aromatic rings. The van der Waals surface area contributed by atoms with E-state index < -0.39 is 0 Å². The molecule has 0 aliphatic rings. The summed E-state index contributed by atoms with van der Waals surface area (Å²) in [5.74, 6) is 1.56. The van der Waals surface area contributed by atoms with Gasteiger partial charge in [-0.15, -0.1) is 0 Å². The van der Waals surface area contributed by atoms with Crippen LogP contribution in [0.5, 0.6) is 0 Å². The zero-order valence-electron chi connectivity index (χ0n) is 27.8. The van der Waals surface area contributed by atoms with E-state index in [1.807, 2.05) is 24.5 Å². The first-order chi connectivity index (χ1) is 25.8. The van der Waals surface area contributed by atoms with Crippen LogP contribution in [-0.2, 0) is 0 Å². The van der Waals surface area contributed by atoms with Crippen LogP contribution in [0.3, 0.4) is 0 Å². The van der Waals surface area contributed by atoms with Gasteiger partial charge in [0.1, 0.15) is 0 Å². The Morgan fingerprint density at radius 2 is 0.750 bits per heavy atom. The molecule has 11 rings (SSSR count). The van der Waals surface area contributed by atoms with Crippen LogP contribution in [0.2, 0.25) is 0 Å². The molecule has 7 aromatic carbocycles. The molecule has 0 aliphatic carbocycles. The Morgan fingerprint density at radius 1 is 0.327 bits per heavy atom. The summed E-state index contributed by atoms with van der Waals surface area (Å²) >= 11 is 0. The smallest absolute Gasteiger partial charge is 0.156 e. The summed E-state index contributed by atoms with van der Waals surface area (Å²) in [6.07, 6.45) is 3.79. The van der Waals surface area contributed by atoms with Crippen LogP contribution < -0.4 is 0 Å². The van der Waals surface area contributed by atoms with E-state index in [0.29, 0.717) is 0 Å². The Balaban J connectivity index is 1.12. The fourth-order valence-electron chi connectivity index (χ4n) is 7.85. The molecule has 0 radical (unpaired) electrons. The summed E-state index contributed by atoms with van der Waals surface area (Å²) in [7, 11) is 0. The van der Waals surface area contributed by atoms with Gasteiger partial charge in [0.05, 0.1) is 56.5 Å². The van der Waals surface area contributed by atoms with Gasteiger partial charge in [-0.25, -0.2) is 9.97 Å². The van der Waals surface area contributed by atoms with Crippen molar-refractivity contribution < 1.29 is 0 Å². The van der Waals surface area contributed by atoms with Crippen molar-refractivity contribution in [2.75, 3.05) is 0 Å². The van der Waals surface area contributed by atoms with Crippen LogP contribution in [-0.4, -0.2) is 29.1 Å². The molecule has 4 heterocycles. The van der Waals surface area contributed by atoms with Crippen molar-refractivity contribution in [3.8, 4) is 33.9 Å². The van der Waals surface area contributed by atoms with Gasteiger partial charge in [-0.05, 0) is 70.8 Å². The topological polar surface area (TPSA) is 61.4 Å². The molecule has 242 valence electrons. The Labute approximate surface area is 297 Å². The van der Waals surface area contributed by atoms with Gasteiger partial charge in [-0.1, -0.05) is 109 Å². The first kappa shape index (κ1) is 28.6. The molecule has 0 atom stereocenters. The van der Waals surface area contributed by atoms with Crippen LogP contribution in [0.1, 0.15) is 0 Å². The number of aromatic nitrogens is 6. The number of para-hydroxylation sites is 2. The molecule has 52 heavy (non-hydrogen) atoms. The predicted octanol–water partition coefficient (Wildman–Crippen LogP) is 11.1. The Morgan fingerprint density at radius 3 is 1.21 bits per heavy atom. The lowest BCUT2D eigenvalue weighted by Gasteiger charge is -2.10. The van der Waals surface area contributed by atoms with Crippen molar-refractivity contribution in [1.82, 2.24) is 29.1 Å². The maximum atomic E-state index is 5.18. The van der Waals surface area contributed by atoms with E-state index in [1.165, 1.54) is 10.8 Å². The number of fused-ring (bicyclic) bond motifs is 9. The third-order valence-corrected chi connectivity index (χ3v) is 10.2. The largest absolute Gasteiger partial charge is 0.292 e. The van der Waals surface area contributed by atoms with Gasteiger partial charge < -0.3 is 0 Å². The minimum Gasteiger partial charge on any atom is -0.292 e. The van der Waals surface area contributed by atoms with Gasteiger partial charge in [0.2, 0.25) is 0 Å². The van der Waals surface area contributed by atoms with Gasteiger partial charge in [-0.2, -0.15) is 0 Å². The minimum absolute atomic E-state index is 0.782. The summed E-state index contributed by atoms with van der Waals surface area (Å²) in [5, 5.41) is 4.66. The molecular weight excluding hydrogens is 637 g/mol. The Hall–Kier alpha value is -7.18. The van der Waals surface area contributed by atoms with E-state index in [2.05, 4.69) is 155 Å². The Bertz CT molecular complexity index is 2960. The summed E-state index contributed by atoms with van der Waals surface area (Å²) in [6.45, 7) is 0. The highest BCUT2D eigenvalue weighted by Crippen LogP contribution is 2.42. The van der Waals surface area contributed by atoms with Crippen LogP contribution in [0, 0.1) is 0 Å². The third kappa shape index (κ3) is 4.31. The molecule has 0 spiro atoms. The molecule has 0 amide bonds. The van der Waals surface area contributed by atoms with E-state index in [-0.39, 0.29) is 0 Å². The highest BCUT2D eigenvalue weighted by Gasteiger charge is 2.21. The summed E-state index contributed by atoms with van der Waals surface area (Å²) in [5.41, 5.74) is 12.3. The second kappa shape index (κ2) is 11.2. The van der Waals surface area contributed by atoms with E-state index in [1.54, 1.807) is 0 Å². The molecule has 6 nitrogen and oxygen atoms in total.